The molecule has 0 heterocycles. The predicted octanol–water partition coefficient (Wildman–Crippen LogP) is 4.75. The number of nitrogens with one attached hydrogen (secondary N) is 3. The van der Waals surface area contributed by atoms with Gasteiger partial charge in [-0.1, -0.05) is 34.6 Å². The maximum absolute atomic E-state index is 11.8. The van der Waals surface area contributed by atoms with Crippen LogP contribution in [0.1, 0.15) is 112 Å². The Kier molecular flexibility index (Phi) is 13.6. The van der Waals surface area contributed by atoms with E-state index >= 15 is 0 Å². The summed E-state index contributed by atoms with van der Waals surface area (Å²) in [6, 6.07) is 0.565. The minimum Gasteiger partial charge on any atom is -0.393 e. The van der Waals surface area contributed by atoms with Crippen molar-refractivity contribution in [2.45, 2.75) is 130 Å². The Morgan fingerprint density at radius 3 is 2.20 bits per heavy atom. The van der Waals surface area contributed by atoms with Crippen LogP contribution in [0.3, 0.4) is 0 Å². The Morgan fingerprint density at radius 1 is 0.867 bits per heavy atom. The van der Waals surface area contributed by atoms with E-state index in [4.69, 9.17) is 9.92 Å². The molecule has 4 fully saturated rings. The van der Waals surface area contributed by atoms with E-state index in [-0.39, 0.29) is 17.4 Å². The van der Waals surface area contributed by atoms with Crippen molar-refractivity contribution in [3.63, 3.8) is 0 Å². The molecule has 0 aliphatic heterocycles. The molecule has 3 unspecified atom stereocenters. The SMILES string of the molecule is CC(C)[C@@H](CC[C@@H](C)[C@H]1CCC2C3C(CC[C@@]21C)[C@@]1(C)CC[C@H](NCCCNCCNCCCN)C[C@H]1C[C@H]3O)OS(=O)(=O)O. The fourth-order valence-electron chi connectivity index (χ4n) is 10.8. The number of hydrogen-bond donors (Lipinski definition) is 6. The number of aliphatic hydroxyl groups excluding tert-OH is 1. The van der Waals surface area contributed by atoms with Gasteiger partial charge in [0.05, 0.1) is 12.2 Å². The summed E-state index contributed by atoms with van der Waals surface area (Å²) in [5.74, 6) is 3.19. The zero-order valence-corrected chi connectivity index (χ0v) is 29.9. The van der Waals surface area contributed by atoms with E-state index in [9.17, 15) is 18.1 Å². The Balaban J connectivity index is 1.27. The fourth-order valence-corrected chi connectivity index (χ4v) is 11.5. The van der Waals surface area contributed by atoms with E-state index in [2.05, 4.69) is 36.7 Å². The standard InChI is InChI=1S/C35H68N4O5S/c1-24(2)32(44-45(41,42)43)11-8-25(3)28-9-10-29-33-30(13-15-35(28,29)5)34(4)14-12-27(22-26(34)23-31(33)40)39-19-7-18-38-21-20-37-17-6-16-36/h24-33,37-40H,6-23,36H2,1-5H3,(H,41,42,43)/t25-,26+,27+,28-,29?,30?,31-,32-,33?,34+,35-/m1/s1. The highest BCUT2D eigenvalue weighted by Gasteiger charge is 2.62. The summed E-state index contributed by atoms with van der Waals surface area (Å²) in [6.07, 6.45) is 12.5. The summed E-state index contributed by atoms with van der Waals surface area (Å²) < 4.78 is 37.1. The van der Waals surface area contributed by atoms with Crippen molar-refractivity contribution >= 4 is 10.4 Å². The Bertz CT molecular complexity index is 1020. The van der Waals surface area contributed by atoms with E-state index in [1.165, 1.54) is 44.9 Å². The minimum atomic E-state index is -4.46. The molecule has 0 saturated heterocycles. The van der Waals surface area contributed by atoms with Crippen LogP contribution in [0, 0.1) is 52.3 Å². The van der Waals surface area contributed by atoms with Crippen molar-refractivity contribution in [3.05, 3.63) is 0 Å². The van der Waals surface area contributed by atoms with Gasteiger partial charge in [-0.2, -0.15) is 8.42 Å². The first-order chi connectivity index (χ1) is 21.3. The molecule has 0 aromatic heterocycles. The molecule has 4 aliphatic rings. The molecule has 0 aromatic rings. The summed E-state index contributed by atoms with van der Waals surface area (Å²) in [5.41, 5.74) is 6.08. The molecule has 0 aromatic carbocycles. The van der Waals surface area contributed by atoms with Crippen molar-refractivity contribution < 1.29 is 22.3 Å². The summed E-state index contributed by atoms with van der Waals surface area (Å²) >= 11 is 0. The quantitative estimate of drug-likeness (QED) is 0.0909. The summed E-state index contributed by atoms with van der Waals surface area (Å²) in [6.45, 7) is 17.1. The van der Waals surface area contributed by atoms with Gasteiger partial charge in [0.2, 0.25) is 0 Å². The van der Waals surface area contributed by atoms with Crippen LogP contribution in [0.25, 0.3) is 0 Å². The zero-order valence-electron chi connectivity index (χ0n) is 29.1. The third-order valence-electron chi connectivity index (χ3n) is 13.3. The van der Waals surface area contributed by atoms with Crippen LogP contribution in [-0.2, 0) is 14.6 Å². The average Bonchev–Trinajstić information content (AvgIpc) is 3.33. The Morgan fingerprint density at radius 2 is 1.53 bits per heavy atom. The molecule has 264 valence electrons. The van der Waals surface area contributed by atoms with E-state index in [0.717, 1.165) is 65.0 Å². The second kappa shape index (κ2) is 16.4. The van der Waals surface area contributed by atoms with E-state index < -0.39 is 16.5 Å². The maximum Gasteiger partial charge on any atom is 0.397 e. The molecule has 7 N–H and O–H groups in total. The van der Waals surface area contributed by atoms with Gasteiger partial charge in [0, 0.05) is 19.1 Å². The van der Waals surface area contributed by atoms with Crippen molar-refractivity contribution in [2.75, 3.05) is 39.3 Å². The van der Waals surface area contributed by atoms with Crippen LogP contribution in [0.2, 0.25) is 0 Å². The van der Waals surface area contributed by atoms with Crippen molar-refractivity contribution in [1.82, 2.24) is 16.0 Å². The van der Waals surface area contributed by atoms with Gasteiger partial charge in [-0.05, 0) is 155 Å². The normalized spacial score (nSPS) is 38.0. The number of aliphatic hydroxyl groups is 1. The van der Waals surface area contributed by atoms with Gasteiger partial charge in [-0.25, -0.2) is 4.18 Å². The summed E-state index contributed by atoms with van der Waals surface area (Å²) in [7, 11) is -4.46. The highest BCUT2D eigenvalue weighted by Crippen LogP contribution is 2.68. The molecule has 10 heteroatoms. The number of nitrogens with two attached hydrogens (primary N) is 1. The minimum absolute atomic E-state index is 0.0133. The molecule has 0 radical (unpaired) electrons. The lowest BCUT2D eigenvalue weighted by atomic mass is 9.43. The van der Waals surface area contributed by atoms with Crippen molar-refractivity contribution in [3.8, 4) is 0 Å². The number of rotatable bonds is 18. The van der Waals surface area contributed by atoms with Crippen LogP contribution in [0.4, 0.5) is 0 Å². The molecule has 4 rings (SSSR count). The highest BCUT2D eigenvalue weighted by molar-refractivity contribution is 7.80. The molecule has 0 spiro atoms. The predicted molar refractivity (Wildman–Crippen MR) is 182 cm³/mol. The summed E-state index contributed by atoms with van der Waals surface area (Å²) in [4.78, 5) is 0. The Hall–Kier alpha value is -0.330. The first kappa shape index (κ1) is 37.5. The van der Waals surface area contributed by atoms with Crippen LogP contribution in [0.15, 0.2) is 0 Å². The molecule has 4 saturated carbocycles. The van der Waals surface area contributed by atoms with E-state index in [1.54, 1.807) is 0 Å². The lowest BCUT2D eigenvalue weighted by molar-refractivity contribution is -0.167. The molecule has 4 aliphatic carbocycles. The van der Waals surface area contributed by atoms with Crippen LogP contribution < -0.4 is 21.7 Å². The van der Waals surface area contributed by atoms with Crippen LogP contribution >= 0.6 is 0 Å². The molecular formula is C35H68N4O5S. The smallest absolute Gasteiger partial charge is 0.393 e. The molecule has 11 atom stereocenters. The van der Waals surface area contributed by atoms with Gasteiger partial charge >= 0.3 is 10.4 Å². The zero-order chi connectivity index (χ0) is 32.8. The van der Waals surface area contributed by atoms with Gasteiger partial charge in [-0.3, -0.25) is 4.55 Å². The molecule has 0 bridgehead atoms. The van der Waals surface area contributed by atoms with Gasteiger partial charge < -0.3 is 26.8 Å². The lowest BCUT2D eigenvalue weighted by Crippen LogP contribution is -2.59. The van der Waals surface area contributed by atoms with Crippen LogP contribution in [-0.4, -0.2) is 75.6 Å². The highest BCUT2D eigenvalue weighted by atomic mass is 32.3. The fraction of sp³-hybridized carbons (Fsp3) is 1.00. The Labute approximate surface area is 275 Å². The van der Waals surface area contributed by atoms with Gasteiger partial charge in [0.25, 0.3) is 0 Å². The lowest BCUT2D eigenvalue weighted by Gasteiger charge is -2.62. The second-order valence-electron chi connectivity index (χ2n) is 16.3. The largest absolute Gasteiger partial charge is 0.397 e. The molecule has 0 amide bonds. The summed E-state index contributed by atoms with van der Waals surface area (Å²) in [5, 5.41) is 22.6. The molecule has 45 heavy (non-hydrogen) atoms. The molecular weight excluding hydrogens is 588 g/mol. The van der Waals surface area contributed by atoms with Gasteiger partial charge in [0.1, 0.15) is 0 Å². The topological polar surface area (TPSA) is 146 Å². The van der Waals surface area contributed by atoms with E-state index in [1.807, 2.05) is 13.8 Å². The third kappa shape index (κ3) is 9.22. The van der Waals surface area contributed by atoms with E-state index in [0.29, 0.717) is 53.4 Å². The van der Waals surface area contributed by atoms with Gasteiger partial charge in [-0.15, -0.1) is 0 Å². The maximum atomic E-state index is 11.8. The van der Waals surface area contributed by atoms with Crippen molar-refractivity contribution in [2.24, 2.45) is 58.0 Å². The second-order valence-corrected chi connectivity index (χ2v) is 17.4. The van der Waals surface area contributed by atoms with Crippen LogP contribution in [0.5, 0.6) is 0 Å². The third-order valence-corrected chi connectivity index (χ3v) is 13.8. The average molecular weight is 657 g/mol. The first-order valence-corrected chi connectivity index (χ1v) is 19.8. The number of hydrogen-bond acceptors (Lipinski definition) is 8. The monoisotopic (exact) mass is 656 g/mol. The first-order valence-electron chi connectivity index (χ1n) is 18.5. The molecule has 9 nitrogen and oxygen atoms in total. The van der Waals surface area contributed by atoms with Crippen molar-refractivity contribution in [1.29, 1.82) is 0 Å². The van der Waals surface area contributed by atoms with Gasteiger partial charge in [0.15, 0.2) is 0 Å². The number of fused-ring (bicyclic) bond motifs is 5.